The van der Waals surface area contributed by atoms with E-state index in [1.807, 2.05) is 0 Å². The van der Waals surface area contributed by atoms with E-state index < -0.39 is 18.4 Å². The fourth-order valence-corrected chi connectivity index (χ4v) is 0.504. The lowest BCUT2D eigenvalue weighted by atomic mass is 10.3. The number of rotatable bonds is 5. The number of carbonyl (C=O) groups excluding carboxylic acids is 3. The van der Waals surface area contributed by atoms with Gasteiger partial charge in [-0.15, -0.1) is 0 Å². The van der Waals surface area contributed by atoms with E-state index in [9.17, 15) is 14.4 Å². The molecule has 0 bridgehead atoms. The lowest BCUT2D eigenvalue weighted by Gasteiger charge is -2.01. The van der Waals surface area contributed by atoms with Gasteiger partial charge in [-0.1, -0.05) is 6.92 Å². The molecule has 0 amide bonds. The Morgan fingerprint density at radius 2 is 1.77 bits per heavy atom. The van der Waals surface area contributed by atoms with E-state index in [4.69, 9.17) is 0 Å². The molecule has 0 aliphatic rings. The number of carbonyl (C=O) groups is 3. The first-order valence-corrected chi connectivity index (χ1v) is 3.84. The second kappa shape index (κ2) is 6.16. The van der Waals surface area contributed by atoms with Crippen LogP contribution in [0.15, 0.2) is 0 Å². The lowest BCUT2D eigenvalue weighted by Crippen LogP contribution is -2.16. The molecule has 5 heteroatoms. The van der Waals surface area contributed by atoms with E-state index in [-0.39, 0.29) is 12.4 Å². The van der Waals surface area contributed by atoms with E-state index in [2.05, 4.69) is 9.47 Å². The maximum atomic E-state index is 10.8. The van der Waals surface area contributed by atoms with Crippen LogP contribution >= 0.6 is 0 Å². The Balaban J connectivity index is 3.63. The molecule has 0 aliphatic heterocycles. The van der Waals surface area contributed by atoms with Gasteiger partial charge in [0.2, 0.25) is 0 Å². The largest absolute Gasteiger partial charge is 0.469 e. The molecule has 0 saturated carbocycles. The van der Waals surface area contributed by atoms with E-state index >= 15 is 0 Å². The molecule has 0 aliphatic carbocycles. The summed E-state index contributed by atoms with van der Waals surface area (Å²) >= 11 is 0. The van der Waals surface area contributed by atoms with Crippen molar-refractivity contribution < 1.29 is 23.9 Å². The van der Waals surface area contributed by atoms with Crippen molar-refractivity contribution in [2.75, 3.05) is 13.7 Å². The molecule has 0 N–H and O–H groups in total. The third-order valence-electron chi connectivity index (χ3n) is 1.30. The van der Waals surface area contributed by atoms with Crippen molar-refractivity contribution in [3.8, 4) is 0 Å². The predicted octanol–water partition coefficient (Wildman–Crippen LogP) is 0.0718. The zero-order chi connectivity index (χ0) is 10.3. The summed E-state index contributed by atoms with van der Waals surface area (Å²) in [7, 11) is 1.17. The van der Waals surface area contributed by atoms with Gasteiger partial charge in [0.25, 0.3) is 0 Å². The van der Waals surface area contributed by atoms with Gasteiger partial charge in [0, 0.05) is 6.42 Å². The van der Waals surface area contributed by atoms with E-state index in [1.54, 1.807) is 6.92 Å². The molecule has 13 heavy (non-hydrogen) atoms. The standard InChI is InChI=1S/C8H12O5/c1-3-6(9)5-13-8(11)4-7(10)12-2/h3-5H2,1-2H3. The van der Waals surface area contributed by atoms with Gasteiger partial charge in [0.05, 0.1) is 7.11 Å². The normalized spacial score (nSPS) is 9.08. The van der Waals surface area contributed by atoms with Crippen LogP contribution in [0.4, 0.5) is 0 Å². The zero-order valence-corrected chi connectivity index (χ0v) is 7.66. The van der Waals surface area contributed by atoms with Crippen molar-refractivity contribution in [2.45, 2.75) is 19.8 Å². The van der Waals surface area contributed by atoms with E-state index in [1.165, 1.54) is 7.11 Å². The van der Waals surface area contributed by atoms with Gasteiger partial charge >= 0.3 is 11.9 Å². The highest BCUT2D eigenvalue weighted by molar-refractivity contribution is 5.92. The van der Waals surface area contributed by atoms with Gasteiger partial charge in [-0.25, -0.2) is 0 Å². The first-order chi connectivity index (χ1) is 6.10. The highest BCUT2D eigenvalue weighted by Crippen LogP contribution is 1.91. The minimum Gasteiger partial charge on any atom is -0.469 e. The molecule has 74 valence electrons. The number of ketones is 1. The monoisotopic (exact) mass is 188 g/mol. The van der Waals surface area contributed by atoms with E-state index in [0.717, 1.165) is 0 Å². The van der Waals surface area contributed by atoms with Crippen molar-refractivity contribution in [3.05, 3.63) is 0 Å². The average molecular weight is 188 g/mol. The number of hydrogen-bond donors (Lipinski definition) is 0. The number of hydrogen-bond acceptors (Lipinski definition) is 5. The molecule has 0 aromatic heterocycles. The highest BCUT2D eigenvalue weighted by Gasteiger charge is 2.11. The van der Waals surface area contributed by atoms with Gasteiger partial charge in [0.1, 0.15) is 13.0 Å². The maximum Gasteiger partial charge on any atom is 0.317 e. The molecule has 0 aromatic carbocycles. The van der Waals surface area contributed by atoms with Crippen molar-refractivity contribution in [2.24, 2.45) is 0 Å². The Bertz CT molecular complexity index is 209. The van der Waals surface area contributed by atoms with Gasteiger partial charge in [0.15, 0.2) is 5.78 Å². The van der Waals surface area contributed by atoms with Crippen molar-refractivity contribution in [1.29, 1.82) is 0 Å². The summed E-state index contributed by atoms with van der Waals surface area (Å²) < 4.78 is 8.71. The van der Waals surface area contributed by atoms with Crippen LogP contribution in [-0.4, -0.2) is 31.4 Å². The Morgan fingerprint density at radius 3 is 2.23 bits per heavy atom. The van der Waals surface area contributed by atoms with Crippen LogP contribution in [0, 0.1) is 0 Å². The summed E-state index contributed by atoms with van der Waals surface area (Å²) in [6, 6.07) is 0. The van der Waals surface area contributed by atoms with Crippen molar-refractivity contribution in [3.63, 3.8) is 0 Å². The molecule has 0 spiro atoms. The molecule has 5 nitrogen and oxygen atoms in total. The summed E-state index contributed by atoms with van der Waals surface area (Å²) in [5.41, 5.74) is 0. The number of methoxy groups -OCH3 is 1. The number of ether oxygens (including phenoxy) is 2. The quantitative estimate of drug-likeness (QED) is 0.451. The molecule has 0 saturated heterocycles. The van der Waals surface area contributed by atoms with Crippen LogP contribution in [-0.2, 0) is 23.9 Å². The third kappa shape index (κ3) is 5.84. The fourth-order valence-electron chi connectivity index (χ4n) is 0.504. The van der Waals surface area contributed by atoms with Crippen molar-refractivity contribution in [1.82, 2.24) is 0 Å². The van der Waals surface area contributed by atoms with Crippen molar-refractivity contribution >= 4 is 17.7 Å². The van der Waals surface area contributed by atoms with Crippen LogP contribution in [0.5, 0.6) is 0 Å². The topological polar surface area (TPSA) is 69.7 Å². The average Bonchev–Trinajstić information content (AvgIpc) is 2.13. The third-order valence-corrected chi connectivity index (χ3v) is 1.30. The molecule has 0 unspecified atom stereocenters. The van der Waals surface area contributed by atoms with Gasteiger partial charge in [-0.05, 0) is 0 Å². The van der Waals surface area contributed by atoms with Crippen LogP contribution in [0.2, 0.25) is 0 Å². The Kier molecular flexibility index (Phi) is 5.50. The summed E-state index contributed by atoms with van der Waals surface area (Å²) in [6.07, 6.45) is -0.140. The Morgan fingerprint density at radius 1 is 1.15 bits per heavy atom. The summed E-state index contributed by atoms with van der Waals surface area (Å²) in [6.45, 7) is 1.39. The highest BCUT2D eigenvalue weighted by atomic mass is 16.5. The van der Waals surface area contributed by atoms with E-state index in [0.29, 0.717) is 6.42 Å². The first kappa shape index (κ1) is 11.6. The second-order valence-corrected chi connectivity index (χ2v) is 2.31. The summed E-state index contributed by atoms with van der Waals surface area (Å²) in [5.74, 6) is -1.60. The summed E-state index contributed by atoms with van der Waals surface area (Å²) in [4.78, 5) is 32.0. The molecular weight excluding hydrogens is 176 g/mol. The minimum atomic E-state index is -0.742. The number of Topliss-reactive ketones (excluding diaryl/α,β-unsaturated/α-hetero) is 1. The molecule has 0 fully saturated rings. The van der Waals surface area contributed by atoms with Gasteiger partial charge in [-0.3, -0.25) is 14.4 Å². The second-order valence-electron chi connectivity index (χ2n) is 2.31. The SMILES string of the molecule is CCC(=O)COC(=O)CC(=O)OC. The van der Waals surface area contributed by atoms with Crippen LogP contribution in [0.25, 0.3) is 0 Å². The van der Waals surface area contributed by atoms with Gasteiger partial charge in [-0.2, -0.15) is 0 Å². The maximum absolute atomic E-state index is 10.8. The molecule has 0 atom stereocenters. The molecular formula is C8H12O5. The van der Waals surface area contributed by atoms with Crippen LogP contribution in [0.3, 0.4) is 0 Å². The molecule has 0 rings (SSSR count). The molecule has 0 heterocycles. The van der Waals surface area contributed by atoms with Crippen LogP contribution in [0.1, 0.15) is 19.8 Å². The van der Waals surface area contributed by atoms with Gasteiger partial charge < -0.3 is 9.47 Å². The minimum absolute atomic E-state index is 0.182. The molecule has 0 aromatic rings. The first-order valence-electron chi connectivity index (χ1n) is 3.84. The molecule has 0 radical (unpaired) electrons. The lowest BCUT2D eigenvalue weighted by molar-refractivity contribution is -0.155. The van der Waals surface area contributed by atoms with Crippen LogP contribution < -0.4 is 0 Å². The fraction of sp³-hybridized carbons (Fsp3) is 0.625. The Labute approximate surface area is 76.0 Å². The zero-order valence-electron chi connectivity index (χ0n) is 7.66. The Hall–Kier alpha value is -1.39. The summed E-state index contributed by atoms with van der Waals surface area (Å²) in [5, 5.41) is 0. The predicted molar refractivity (Wildman–Crippen MR) is 42.9 cm³/mol. The number of esters is 2. The smallest absolute Gasteiger partial charge is 0.317 e.